The number of nitrogens with zero attached hydrogens (tertiary/aromatic N) is 2. The molecule has 0 aliphatic heterocycles. The van der Waals surface area contributed by atoms with Crippen molar-refractivity contribution >= 4 is 29.5 Å². The molecule has 0 aromatic carbocycles. The molecule has 0 bridgehead atoms. The fourth-order valence-electron chi connectivity index (χ4n) is 1.42. The first-order valence-electron chi connectivity index (χ1n) is 5.99. The summed E-state index contributed by atoms with van der Waals surface area (Å²) in [5, 5.41) is 10.8. The first kappa shape index (κ1) is 13.8. The maximum atomic E-state index is 11.5. The van der Waals surface area contributed by atoms with Crippen LogP contribution < -0.4 is 5.32 Å². The number of nitrogens with one attached hydrogen (secondary N) is 1. The van der Waals surface area contributed by atoms with Gasteiger partial charge in [0.05, 0.1) is 7.11 Å². The second kappa shape index (κ2) is 6.01. The highest BCUT2D eigenvalue weighted by atomic mass is 32.2. The lowest BCUT2D eigenvalue weighted by molar-refractivity contribution is -0.139. The van der Waals surface area contributed by atoms with Crippen LogP contribution in [-0.4, -0.2) is 34.4 Å². The number of amides is 1. The standard InChI is InChI=1S/C12H15N3O3S/c1-7(12(17)18-2)19-10-6-5-9(14-15-10)13-11(16)8-3-4-8/h5-8H,3-4H2,1-2H3,(H,13,14,16). The van der Waals surface area contributed by atoms with Gasteiger partial charge in [0.2, 0.25) is 5.91 Å². The third-order valence-corrected chi connectivity index (χ3v) is 3.68. The van der Waals surface area contributed by atoms with Crippen LogP contribution in [0.25, 0.3) is 0 Å². The molecule has 1 unspecified atom stereocenters. The molecule has 6 nitrogen and oxygen atoms in total. The van der Waals surface area contributed by atoms with E-state index < -0.39 is 0 Å². The van der Waals surface area contributed by atoms with Gasteiger partial charge in [0.15, 0.2) is 5.82 Å². The highest BCUT2D eigenvalue weighted by Gasteiger charge is 2.29. The summed E-state index contributed by atoms with van der Waals surface area (Å²) < 4.78 is 4.63. The zero-order chi connectivity index (χ0) is 13.8. The molecule has 19 heavy (non-hydrogen) atoms. The predicted octanol–water partition coefficient (Wildman–Crippen LogP) is 1.48. The van der Waals surface area contributed by atoms with Gasteiger partial charge in [0.1, 0.15) is 10.3 Å². The van der Waals surface area contributed by atoms with Crippen molar-refractivity contribution in [3.63, 3.8) is 0 Å². The molecule has 1 aromatic heterocycles. The van der Waals surface area contributed by atoms with Crippen LogP contribution >= 0.6 is 11.8 Å². The van der Waals surface area contributed by atoms with E-state index in [1.54, 1.807) is 19.1 Å². The number of carbonyl (C=O) groups excluding carboxylic acids is 2. The minimum atomic E-state index is -0.341. The van der Waals surface area contributed by atoms with Gasteiger partial charge >= 0.3 is 5.97 Å². The van der Waals surface area contributed by atoms with E-state index in [-0.39, 0.29) is 23.0 Å². The van der Waals surface area contributed by atoms with Crippen LogP contribution in [0.1, 0.15) is 19.8 Å². The lowest BCUT2D eigenvalue weighted by atomic mass is 10.4. The number of aromatic nitrogens is 2. The number of rotatable bonds is 5. The fraction of sp³-hybridized carbons (Fsp3) is 0.500. The molecule has 0 spiro atoms. The minimum absolute atomic E-state index is 0.00219. The SMILES string of the molecule is COC(=O)C(C)Sc1ccc(NC(=O)C2CC2)nn1. The summed E-state index contributed by atoms with van der Waals surface area (Å²) in [7, 11) is 1.35. The summed E-state index contributed by atoms with van der Waals surface area (Å²) in [6.07, 6.45) is 1.90. The van der Waals surface area contributed by atoms with Gasteiger partial charge in [-0.05, 0) is 31.9 Å². The molecule has 2 rings (SSSR count). The Balaban J connectivity index is 1.90. The number of ether oxygens (including phenoxy) is 1. The molecule has 102 valence electrons. The molecule has 1 atom stereocenters. The molecule has 1 aliphatic carbocycles. The molecule has 1 amide bonds. The van der Waals surface area contributed by atoms with Gasteiger partial charge in [0.25, 0.3) is 0 Å². The zero-order valence-corrected chi connectivity index (χ0v) is 11.6. The summed E-state index contributed by atoms with van der Waals surface area (Å²) in [6, 6.07) is 3.40. The number of esters is 1. The van der Waals surface area contributed by atoms with Gasteiger partial charge in [-0.3, -0.25) is 9.59 Å². The Kier molecular flexibility index (Phi) is 4.36. The average molecular weight is 281 g/mol. The third kappa shape index (κ3) is 3.92. The summed E-state index contributed by atoms with van der Waals surface area (Å²) in [4.78, 5) is 22.8. The van der Waals surface area contributed by atoms with Gasteiger partial charge in [-0.1, -0.05) is 11.8 Å². The van der Waals surface area contributed by atoms with Crippen LogP contribution in [0.2, 0.25) is 0 Å². The van der Waals surface area contributed by atoms with E-state index in [0.29, 0.717) is 10.8 Å². The van der Waals surface area contributed by atoms with E-state index in [1.165, 1.54) is 18.9 Å². The summed E-state index contributed by atoms with van der Waals surface area (Å²) in [6.45, 7) is 1.74. The van der Waals surface area contributed by atoms with E-state index in [4.69, 9.17) is 0 Å². The number of hydrogen-bond donors (Lipinski definition) is 1. The Morgan fingerprint density at radius 3 is 2.68 bits per heavy atom. The quantitative estimate of drug-likeness (QED) is 0.650. The first-order valence-corrected chi connectivity index (χ1v) is 6.87. The molecule has 0 saturated heterocycles. The van der Waals surface area contributed by atoms with E-state index in [0.717, 1.165) is 12.8 Å². The van der Waals surface area contributed by atoms with E-state index in [9.17, 15) is 9.59 Å². The van der Waals surface area contributed by atoms with Crippen LogP contribution in [-0.2, 0) is 14.3 Å². The van der Waals surface area contributed by atoms with Crippen LogP contribution in [0.3, 0.4) is 0 Å². The third-order valence-electron chi connectivity index (χ3n) is 2.67. The maximum Gasteiger partial charge on any atom is 0.318 e. The van der Waals surface area contributed by atoms with Gasteiger partial charge in [0, 0.05) is 5.92 Å². The normalized spacial score (nSPS) is 15.7. The number of thioether (sulfide) groups is 1. The summed E-state index contributed by atoms with van der Waals surface area (Å²) in [5.74, 6) is 0.262. The highest BCUT2D eigenvalue weighted by Crippen LogP contribution is 2.30. The molecule has 1 aliphatic rings. The first-order chi connectivity index (χ1) is 9.10. The van der Waals surface area contributed by atoms with Crippen molar-refractivity contribution in [2.24, 2.45) is 5.92 Å². The molecule has 7 heteroatoms. The van der Waals surface area contributed by atoms with Gasteiger partial charge in [-0.15, -0.1) is 10.2 Å². The van der Waals surface area contributed by atoms with Gasteiger partial charge < -0.3 is 10.1 Å². The van der Waals surface area contributed by atoms with Crippen LogP contribution in [0, 0.1) is 5.92 Å². The van der Waals surface area contributed by atoms with Crippen LogP contribution in [0.5, 0.6) is 0 Å². The minimum Gasteiger partial charge on any atom is -0.468 e. The van der Waals surface area contributed by atoms with Crippen molar-refractivity contribution in [3.05, 3.63) is 12.1 Å². The Morgan fingerprint density at radius 1 is 1.42 bits per heavy atom. The monoisotopic (exact) mass is 281 g/mol. The summed E-state index contributed by atoms with van der Waals surface area (Å²) >= 11 is 1.26. The molecule has 1 fully saturated rings. The lowest BCUT2D eigenvalue weighted by Gasteiger charge is -2.08. The molecule has 1 heterocycles. The maximum absolute atomic E-state index is 11.5. The predicted molar refractivity (Wildman–Crippen MR) is 70.7 cm³/mol. The van der Waals surface area contributed by atoms with E-state index in [1.807, 2.05) is 0 Å². The summed E-state index contributed by atoms with van der Waals surface area (Å²) in [5.41, 5.74) is 0. The molecular weight excluding hydrogens is 266 g/mol. The van der Waals surface area contributed by atoms with Crippen LogP contribution in [0.4, 0.5) is 5.82 Å². The Morgan fingerprint density at radius 2 is 2.16 bits per heavy atom. The molecule has 1 N–H and O–H groups in total. The van der Waals surface area contributed by atoms with E-state index in [2.05, 4.69) is 20.3 Å². The average Bonchev–Trinajstić information content (AvgIpc) is 3.24. The molecule has 0 radical (unpaired) electrons. The zero-order valence-electron chi connectivity index (χ0n) is 10.8. The topological polar surface area (TPSA) is 81.2 Å². The Labute approximate surface area is 115 Å². The number of anilines is 1. The van der Waals surface area contributed by atoms with Crippen molar-refractivity contribution in [3.8, 4) is 0 Å². The molecule has 1 aromatic rings. The number of hydrogen-bond acceptors (Lipinski definition) is 6. The molecular formula is C12H15N3O3S. The highest BCUT2D eigenvalue weighted by molar-refractivity contribution is 8.00. The fourth-order valence-corrected chi connectivity index (χ4v) is 2.21. The number of carbonyl (C=O) groups is 2. The second-order valence-electron chi connectivity index (χ2n) is 4.30. The van der Waals surface area contributed by atoms with Gasteiger partial charge in [-0.25, -0.2) is 0 Å². The largest absolute Gasteiger partial charge is 0.468 e. The van der Waals surface area contributed by atoms with Crippen molar-refractivity contribution in [2.75, 3.05) is 12.4 Å². The second-order valence-corrected chi connectivity index (χ2v) is 5.66. The Hall–Kier alpha value is -1.63. The molecule has 1 saturated carbocycles. The lowest BCUT2D eigenvalue weighted by Crippen LogP contribution is -2.16. The van der Waals surface area contributed by atoms with Crippen molar-refractivity contribution < 1.29 is 14.3 Å². The van der Waals surface area contributed by atoms with Gasteiger partial charge in [-0.2, -0.15) is 0 Å². The smallest absolute Gasteiger partial charge is 0.318 e. The van der Waals surface area contributed by atoms with E-state index >= 15 is 0 Å². The van der Waals surface area contributed by atoms with Crippen LogP contribution in [0.15, 0.2) is 17.2 Å². The number of methoxy groups -OCH3 is 1. The van der Waals surface area contributed by atoms with Crippen molar-refractivity contribution in [1.29, 1.82) is 0 Å². The van der Waals surface area contributed by atoms with Crippen molar-refractivity contribution in [2.45, 2.75) is 30.0 Å². The Bertz CT molecular complexity index is 474. The van der Waals surface area contributed by atoms with Crippen molar-refractivity contribution in [1.82, 2.24) is 10.2 Å².